The molecule has 0 aliphatic carbocycles. The van der Waals surface area contributed by atoms with E-state index in [-0.39, 0.29) is 0 Å². The first-order valence-corrected chi connectivity index (χ1v) is 14.0. The van der Waals surface area contributed by atoms with E-state index in [1.165, 1.54) is 43.1 Å². The lowest BCUT2D eigenvalue weighted by Crippen LogP contribution is -1.96. The van der Waals surface area contributed by atoms with Gasteiger partial charge in [-0.1, -0.05) is 24.3 Å². The molecule has 0 spiro atoms. The Balaban J connectivity index is 1.30. The van der Waals surface area contributed by atoms with Crippen LogP contribution in [0.2, 0.25) is 0 Å². The predicted octanol–water partition coefficient (Wildman–Crippen LogP) is 9.42. The zero-order valence-corrected chi connectivity index (χ0v) is 22.5. The second-order valence-electron chi connectivity index (χ2n) is 10.7. The van der Waals surface area contributed by atoms with E-state index in [1.54, 1.807) is 0 Å². The number of rotatable bonds is 4. The summed E-state index contributed by atoms with van der Waals surface area (Å²) in [5, 5.41) is 10.2. The summed E-state index contributed by atoms with van der Waals surface area (Å²) in [6.45, 7) is 0. The number of hydrogen-bond acceptors (Lipinski definition) is 4. The molecule has 0 bridgehead atoms. The van der Waals surface area contributed by atoms with Crippen molar-refractivity contribution in [3.8, 4) is 45.0 Å². The van der Waals surface area contributed by atoms with E-state index < -0.39 is 0 Å². The van der Waals surface area contributed by atoms with E-state index in [1.807, 2.05) is 73.3 Å². The first-order valence-electron chi connectivity index (χ1n) is 14.0. The van der Waals surface area contributed by atoms with Gasteiger partial charge in [-0.2, -0.15) is 0 Å². The SMILES string of the molecule is c1ccc(-c2cc3c(cc2-c2ccccn2)c2cc4c5cc(-c6ccccn6)c(-c6ccccn6)cc5c4cc32)nc1. The van der Waals surface area contributed by atoms with Crippen molar-refractivity contribution in [3.63, 3.8) is 0 Å². The van der Waals surface area contributed by atoms with Crippen molar-refractivity contribution < 1.29 is 0 Å². The van der Waals surface area contributed by atoms with Crippen LogP contribution in [-0.2, 0) is 0 Å². The lowest BCUT2D eigenvalue weighted by Gasteiger charge is -2.21. The topological polar surface area (TPSA) is 51.6 Å². The second kappa shape index (κ2) is 8.88. The Labute approximate surface area is 241 Å². The van der Waals surface area contributed by atoms with Crippen LogP contribution in [-0.4, -0.2) is 19.9 Å². The van der Waals surface area contributed by atoms with Crippen LogP contribution in [0.3, 0.4) is 0 Å². The third-order valence-corrected chi connectivity index (χ3v) is 8.40. The van der Waals surface area contributed by atoms with Gasteiger partial charge in [0.1, 0.15) is 0 Å². The molecule has 4 heterocycles. The molecule has 9 rings (SSSR count). The van der Waals surface area contributed by atoms with Crippen molar-refractivity contribution in [1.82, 2.24) is 19.9 Å². The Morgan fingerprint density at radius 3 is 0.714 bits per heavy atom. The highest BCUT2D eigenvalue weighted by atomic mass is 14.7. The Morgan fingerprint density at radius 2 is 0.500 bits per heavy atom. The lowest BCUT2D eigenvalue weighted by atomic mass is 9.82. The molecule has 4 heteroatoms. The molecule has 0 aliphatic rings. The van der Waals surface area contributed by atoms with Gasteiger partial charge in [0, 0.05) is 47.0 Å². The van der Waals surface area contributed by atoms with E-state index in [4.69, 9.17) is 19.9 Å². The van der Waals surface area contributed by atoms with Gasteiger partial charge in [0.25, 0.3) is 0 Å². The molecule has 0 radical (unpaired) electrons. The summed E-state index contributed by atoms with van der Waals surface area (Å²) in [5.74, 6) is 0. The Hall–Kier alpha value is -5.74. The highest BCUT2D eigenvalue weighted by Crippen LogP contribution is 2.48. The number of aromatic nitrogens is 4. The van der Waals surface area contributed by atoms with Gasteiger partial charge in [0.05, 0.1) is 22.8 Å². The molecule has 0 unspecified atom stereocenters. The summed E-state index contributed by atoms with van der Waals surface area (Å²) in [7, 11) is 0. The minimum Gasteiger partial charge on any atom is -0.256 e. The molecule has 5 aromatic carbocycles. The summed E-state index contributed by atoms with van der Waals surface area (Å²) >= 11 is 0. The summed E-state index contributed by atoms with van der Waals surface area (Å²) < 4.78 is 0. The Kier molecular flexibility index (Phi) is 4.87. The van der Waals surface area contributed by atoms with Crippen molar-refractivity contribution in [3.05, 3.63) is 134 Å². The van der Waals surface area contributed by atoms with E-state index in [0.717, 1.165) is 45.0 Å². The second-order valence-corrected chi connectivity index (χ2v) is 10.7. The van der Waals surface area contributed by atoms with E-state index >= 15 is 0 Å². The fraction of sp³-hybridized carbons (Fsp3) is 0. The molecular weight excluding hydrogens is 512 g/mol. The van der Waals surface area contributed by atoms with Gasteiger partial charge in [-0.15, -0.1) is 0 Å². The maximum atomic E-state index is 4.69. The molecular formula is C38H22N4. The van der Waals surface area contributed by atoms with E-state index in [2.05, 4.69) is 60.7 Å². The van der Waals surface area contributed by atoms with Gasteiger partial charge in [0.2, 0.25) is 0 Å². The van der Waals surface area contributed by atoms with Crippen LogP contribution >= 0.6 is 0 Å². The largest absolute Gasteiger partial charge is 0.256 e. The monoisotopic (exact) mass is 534 g/mol. The smallest absolute Gasteiger partial charge is 0.0708 e. The van der Waals surface area contributed by atoms with Gasteiger partial charge < -0.3 is 0 Å². The molecule has 9 aromatic rings. The summed E-state index contributed by atoms with van der Waals surface area (Å²) in [4.78, 5) is 18.8. The molecule has 0 fully saturated rings. The Morgan fingerprint density at radius 1 is 0.262 bits per heavy atom. The van der Waals surface area contributed by atoms with Crippen LogP contribution < -0.4 is 0 Å². The molecule has 42 heavy (non-hydrogen) atoms. The van der Waals surface area contributed by atoms with Gasteiger partial charge >= 0.3 is 0 Å². The van der Waals surface area contributed by atoms with Crippen molar-refractivity contribution in [1.29, 1.82) is 0 Å². The number of benzene rings is 3. The van der Waals surface area contributed by atoms with Crippen molar-refractivity contribution in [2.24, 2.45) is 0 Å². The van der Waals surface area contributed by atoms with Gasteiger partial charge in [0.15, 0.2) is 0 Å². The van der Waals surface area contributed by atoms with Crippen molar-refractivity contribution in [2.75, 3.05) is 0 Å². The first kappa shape index (κ1) is 23.0. The maximum Gasteiger partial charge on any atom is 0.0708 e. The maximum absolute atomic E-state index is 4.69. The third-order valence-electron chi connectivity index (χ3n) is 8.40. The standard InChI is InChI=1S/C38H22N4/c1-5-13-39-35(9-1)31-19-27-23-17-25-26(18-24(23)28(27)20-32(31)36-10-2-6-14-40-36)30-22-34(38-12-4-8-16-42-38)33(21-29(25)30)37-11-3-7-15-41-37/h1-22H. The molecule has 0 saturated heterocycles. The van der Waals surface area contributed by atoms with E-state index in [9.17, 15) is 0 Å². The molecule has 4 aromatic heterocycles. The molecule has 0 amide bonds. The number of nitrogens with zero attached hydrogens (tertiary/aromatic N) is 4. The van der Waals surface area contributed by atoms with Crippen LogP contribution in [0.4, 0.5) is 0 Å². The van der Waals surface area contributed by atoms with Crippen LogP contribution in [0.25, 0.3) is 88.1 Å². The van der Waals surface area contributed by atoms with Crippen LogP contribution in [0, 0.1) is 0 Å². The van der Waals surface area contributed by atoms with Gasteiger partial charge in [-0.05, 0) is 128 Å². The normalized spacial score (nSPS) is 11.8. The average molecular weight is 535 g/mol. The molecule has 4 nitrogen and oxygen atoms in total. The zero-order chi connectivity index (χ0) is 27.6. The molecule has 0 atom stereocenters. The fourth-order valence-corrected chi connectivity index (χ4v) is 6.39. The van der Waals surface area contributed by atoms with Crippen LogP contribution in [0.5, 0.6) is 0 Å². The lowest BCUT2D eigenvalue weighted by molar-refractivity contribution is 1.30. The fourth-order valence-electron chi connectivity index (χ4n) is 6.39. The number of hydrogen-bond donors (Lipinski definition) is 0. The quantitative estimate of drug-likeness (QED) is 0.226. The van der Waals surface area contributed by atoms with Gasteiger partial charge in [-0.3, -0.25) is 19.9 Å². The van der Waals surface area contributed by atoms with Crippen molar-refractivity contribution in [2.45, 2.75) is 0 Å². The van der Waals surface area contributed by atoms with Crippen molar-refractivity contribution >= 4 is 43.1 Å². The average Bonchev–Trinajstić information content (AvgIpc) is 3.06. The molecule has 0 aliphatic heterocycles. The summed E-state index contributed by atoms with van der Waals surface area (Å²) in [6.07, 6.45) is 7.40. The molecule has 0 saturated carbocycles. The molecule has 194 valence electrons. The third kappa shape index (κ3) is 3.36. The van der Waals surface area contributed by atoms with E-state index in [0.29, 0.717) is 0 Å². The Bertz CT molecular complexity index is 2030. The predicted molar refractivity (Wildman–Crippen MR) is 172 cm³/mol. The summed E-state index contributed by atoms with van der Waals surface area (Å²) in [5.41, 5.74) is 8.19. The first-order chi connectivity index (χ1) is 20.8. The minimum absolute atomic E-state index is 0.950. The van der Waals surface area contributed by atoms with Gasteiger partial charge in [-0.25, -0.2) is 0 Å². The summed E-state index contributed by atoms with van der Waals surface area (Å²) in [6, 6.07) is 38.1. The highest BCUT2D eigenvalue weighted by Gasteiger charge is 2.22. The van der Waals surface area contributed by atoms with Crippen LogP contribution in [0.1, 0.15) is 0 Å². The van der Waals surface area contributed by atoms with Crippen LogP contribution in [0.15, 0.2) is 134 Å². The molecule has 0 N–H and O–H groups in total. The number of fused-ring (bicyclic) bond motifs is 8. The number of pyridine rings is 4. The zero-order valence-electron chi connectivity index (χ0n) is 22.5. The minimum atomic E-state index is 0.950. The highest BCUT2D eigenvalue weighted by molar-refractivity contribution is 6.36.